The van der Waals surface area contributed by atoms with E-state index in [0.29, 0.717) is 12.2 Å². The number of aromatic nitrogens is 4. The van der Waals surface area contributed by atoms with Crippen molar-refractivity contribution in [3.8, 4) is 11.1 Å². The number of piperidine rings is 1. The number of rotatable bonds is 3. The molecule has 3 aromatic heterocycles. The zero-order chi connectivity index (χ0) is 20.7. The van der Waals surface area contributed by atoms with Crippen LogP contribution in [0.25, 0.3) is 22.0 Å². The molecule has 1 atom stereocenters. The molecule has 4 heterocycles. The number of likely N-dealkylation sites (tertiary alicyclic amines) is 1. The Balaban J connectivity index is 1.56. The van der Waals surface area contributed by atoms with Crippen LogP contribution >= 0.6 is 0 Å². The van der Waals surface area contributed by atoms with E-state index < -0.39 is 0 Å². The lowest BCUT2D eigenvalue weighted by molar-refractivity contribution is 0.0695. The van der Waals surface area contributed by atoms with Gasteiger partial charge in [-0.2, -0.15) is 5.10 Å². The minimum Gasteiger partial charge on any atom is -0.358 e. The number of hydrogen-bond donors (Lipinski definition) is 1. The lowest BCUT2D eigenvalue weighted by Crippen LogP contribution is -2.40. The van der Waals surface area contributed by atoms with Crippen molar-refractivity contribution in [3.63, 3.8) is 0 Å². The average molecular weight is 399 g/mol. The third-order valence-electron chi connectivity index (χ3n) is 6.11. The maximum absolute atomic E-state index is 13.1. The first kappa shape index (κ1) is 18.6. The van der Waals surface area contributed by atoms with Gasteiger partial charge in [-0.25, -0.2) is 0 Å². The molecular formula is C24H25N5O. The second kappa shape index (κ2) is 7.44. The van der Waals surface area contributed by atoms with E-state index in [1.165, 1.54) is 22.2 Å². The summed E-state index contributed by atoms with van der Waals surface area (Å²) in [6.07, 6.45) is 7.40. The molecule has 1 N–H and O–H groups in total. The molecule has 6 heteroatoms. The largest absolute Gasteiger partial charge is 0.358 e. The molecule has 1 aliphatic heterocycles. The van der Waals surface area contributed by atoms with Crippen LogP contribution in [-0.4, -0.2) is 43.6 Å². The number of carbonyl (C=O) groups excluding carboxylic acids is 1. The molecule has 152 valence electrons. The first-order valence-electron chi connectivity index (χ1n) is 10.4. The number of aromatic amines is 1. The Morgan fingerprint density at radius 1 is 1.13 bits per heavy atom. The molecule has 0 bridgehead atoms. The molecular weight excluding hydrogens is 374 g/mol. The Morgan fingerprint density at radius 2 is 1.97 bits per heavy atom. The topological polar surface area (TPSA) is 66.8 Å². The van der Waals surface area contributed by atoms with Crippen molar-refractivity contribution in [1.29, 1.82) is 0 Å². The lowest BCUT2D eigenvalue weighted by Gasteiger charge is -2.33. The van der Waals surface area contributed by atoms with Gasteiger partial charge in [-0.05, 0) is 55.7 Å². The van der Waals surface area contributed by atoms with E-state index in [1.54, 1.807) is 16.9 Å². The standard InChI is InChI=1S/C24H25N5O/c1-16-5-6-20-19(14-16)22(17-7-10-25-11-8-17)23(27-20)18-4-3-13-29(15-18)24(30)21-9-12-26-28(21)2/h5-12,14,18,27H,3-4,13,15H2,1-2H3/t18-/m1/s1. The zero-order valence-electron chi connectivity index (χ0n) is 17.3. The molecule has 1 amide bonds. The summed E-state index contributed by atoms with van der Waals surface area (Å²) in [5, 5.41) is 5.39. The number of benzene rings is 1. The summed E-state index contributed by atoms with van der Waals surface area (Å²) in [6.45, 7) is 3.61. The lowest BCUT2D eigenvalue weighted by atomic mass is 9.89. The third-order valence-corrected chi connectivity index (χ3v) is 6.11. The molecule has 0 spiro atoms. The predicted molar refractivity (Wildman–Crippen MR) is 117 cm³/mol. The summed E-state index contributed by atoms with van der Waals surface area (Å²) in [5.74, 6) is 0.309. The van der Waals surface area contributed by atoms with Gasteiger partial charge in [-0.1, -0.05) is 11.6 Å². The minimum absolute atomic E-state index is 0.0529. The molecule has 1 aliphatic rings. The van der Waals surface area contributed by atoms with Gasteiger partial charge in [0.2, 0.25) is 0 Å². The number of amides is 1. The van der Waals surface area contributed by atoms with Gasteiger partial charge >= 0.3 is 0 Å². The number of fused-ring (bicyclic) bond motifs is 1. The van der Waals surface area contributed by atoms with E-state index >= 15 is 0 Å². The molecule has 0 saturated carbocycles. The summed E-state index contributed by atoms with van der Waals surface area (Å²) < 4.78 is 1.65. The van der Waals surface area contributed by atoms with Crippen LogP contribution in [0.2, 0.25) is 0 Å². The average Bonchev–Trinajstić information content (AvgIpc) is 3.37. The van der Waals surface area contributed by atoms with Crippen molar-refractivity contribution >= 4 is 16.8 Å². The van der Waals surface area contributed by atoms with Crippen molar-refractivity contribution < 1.29 is 4.79 Å². The smallest absolute Gasteiger partial charge is 0.272 e. The molecule has 0 radical (unpaired) electrons. The Morgan fingerprint density at radius 3 is 2.73 bits per heavy atom. The molecule has 4 aromatic rings. The predicted octanol–water partition coefficient (Wildman–Crippen LogP) is 4.29. The summed E-state index contributed by atoms with van der Waals surface area (Å²) in [7, 11) is 1.82. The Bertz CT molecular complexity index is 1210. The minimum atomic E-state index is 0.0529. The first-order chi connectivity index (χ1) is 14.6. The molecule has 6 nitrogen and oxygen atoms in total. The zero-order valence-corrected chi connectivity index (χ0v) is 17.3. The number of aryl methyl sites for hydroxylation is 2. The van der Waals surface area contributed by atoms with E-state index in [2.05, 4.69) is 52.3 Å². The van der Waals surface area contributed by atoms with Crippen LogP contribution < -0.4 is 0 Å². The van der Waals surface area contributed by atoms with Crippen LogP contribution in [0.1, 0.15) is 40.5 Å². The maximum atomic E-state index is 13.1. The van der Waals surface area contributed by atoms with Crippen molar-refractivity contribution in [2.45, 2.75) is 25.7 Å². The number of hydrogen-bond acceptors (Lipinski definition) is 3. The molecule has 1 aromatic carbocycles. The second-order valence-corrected chi connectivity index (χ2v) is 8.13. The summed E-state index contributed by atoms with van der Waals surface area (Å²) >= 11 is 0. The van der Waals surface area contributed by atoms with Gasteiger partial charge in [0.05, 0.1) is 0 Å². The second-order valence-electron chi connectivity index (χ2n) is 8.13. The maximum Gasteiger partial charge on any atom is 0.272 e. The van der Waals surface area contributed by atoms with Gasteiger partial charge < -0.3 is 9.88 Å². The highest BCUT2D eigenvalue weighted by Gasteiger charge is 2.30. The normalized spacial score (nSPS) is 16.9. The molecule has 0 aliphatic carbocycles. The number of H-pyrrole nitrogens is 1. The van der Waals surface area contributed by atoms with Gasteiger partial charge in [0.1, 0.15) is 5.69 Å². The fraction of sp³-hybridized carbons (Fsp3) is 0.292. The van der Waals surface area contributed by atoms with Gasteiger partial charge in [0.15, 0.2) is 0 Å². The van der Waals surface area contributed by atoms with Gasteiger partial charge in [-0.15, -0.1) is 0 Å². The molecule has 1 fully saturated rings. The van der Waals surface area contributed by atoms with Crippen molar-refractivity contribution in [3.05, 3.63) is 71.9 Å². The van der Waals surface area contributed by atoms with Gasteiger partial charge in [-0.3, -0.25) is 14.5 Å². The van der Waals surface area contributed by atoms with Crippen molar-refractivity contribution in [1.82, 2.24) is 24.6 Å². The fourth-order valence-electron chi connectivity index (χ4n) is 4.61. The van der Waals surface area contributed by atoms with E-state index in [9.17, 15) is 4.79 Å². The van der Waals surface area contributed by atoms with Crippen molar-refractivity contribution in [2.24, 2.45) is 7.05 Å². The number of nitrogens with zero attached hydrogens (tertiary/aromatic N) is 4. The van der Waals surface area contributed by atoms with Crippen LogP contribution in [0.3, 0.4) is 0 Å². The SMILES string of the molecule is Cc1ccc2[nH]c([C@@H]3CCCN(C(=O)c4ccnn4C)C3)c(-c3ccncc3)c2c1. The number of nitrogens with one attached hydrogen (secondary N) is 1. The summed E-state index contributed by atoms with van der Waals surface area (Å²) in [4.78, 5) is 22.9. The number of carbonyl (C=O) groups is 1. The highest BCUT2D eigenvalue weighted by Crippen LogP contribution is 2.39. The van der Waals surface area contributed by atoms with E-state index in [4.69, 9.17) is 0 Å². The quantitative estimate of drug-likeness (QED) is 0.559. The summed E-state index contributed by atoms with van der Waals surface area (Å²) in [6, 6.07) is 12.5. The van der Waals surface area contributed by atoms with Crippen LogP contribution in [0.4, 0.5) is 0 Å². The van der Waals surface area contributed by atoms with Crippen LogP contribution in [-0.2, 0) is 7.05 Å². The first-order valence-corrected chi connectivity index (χ1v) is 10.4. The van der Waals surface area contributed by atoms with Gasteiger partial charge in [0, 0.05) is 66.8 Å². The van der Waals surface area contributed by atoms with E-state index in [-0.39, 0.29) is 11.8 Å². The Kier molecular flexibility index (Phi) is 4.62. The molecule has 30 heavy (non-hydrogen) atoms. The monoisotopic (exact) mass is 399 g/mol. The Hall–Kier alpha value is -3.41. The highest BCUT2D eigenvalue weighted by atomic mass is 16.2. The third kappa shape index (κ3) is 3.18. The number of pyridine rings is 1. The molecule has 0 unspecified atom stereocenters. The van der Waals surface area contributed by atoms with Gasteiger partial charge in [0.25, 0.3) is 5.91 Å². The van der Waals surface area contributed by atoms with Crippen LogP contribution in [0, 0.1) is 6.92 Å². The summed E-state index contributed by atoms with van der Waals surface area (Å²) in [5.41, 5.74) is 6.61. The van der Waals surface area contributed by atoms with Crippen molar-refractivity contribution in [2.75, 3.05) is 13.1 Å². The molecule has 1 saturated heterocycles. The fourth-order valence-corrected chi connectivity index (χ4v) is 4.61. The van der Waals surface area contributed by atoms with E-state index in [0.717, 1.165) is 30.5 Å². The highest BCUT2D eigenvalue weighted by molar-refractivity contribution is 5.98. The van der Waals surface area contributed by atoms with E-state index in [1.807, 2.05) is 24.3 Å². The Labute approximate surface area is 175 Å². The van der Waals surface area contributed by atoms with Crippen LogP contribution in [0.15, 0.2) is 55.0 Å². The van der Waals surface area contributed by atoms with Crippen LogP contribution in [0.5, 0.6) is 0 Å². The molecule has 5 rings (SSSR count).